The van der Waals surface area contributed by atoms with Gasteiger partial charge in [0.05, 0.1) is 43.7 Å². The van der Waals surface area contributed by atoms with E-state index in [0.29, 0.717) is 0 Å². The Labute approximate surface area is 173 Å². The molecule has 3 unspecified atom stereocenters. The van der Waals surface area contributed by atoms with Gasteiger partial charge in [0, 0.05) is 6.00 Å². The van der Waals surface area contributed by atoms with E-state index in [-0.39, 0.29) is 25.4 Å². The molecule has 2 fully saturated rings. The van der Waals surface area contributed by atoms with Crippen molar-refractivity contribution in [2.75, 3.05) is 13.2 Å². The normalized spacial score (nSPS) is 40.1. The lowest BCUT2D eigenvalue weighted by molar-refractivity contribution is -0.0759. The number of nitrogens with one attached hydrogen (secondary N) is 1. The Morgan fingerprint density at radius 2 is 1.72 bits per heavy atom. The first kappa shape index (κ1) is 25.2. The van der Waals surface area contributed by atoms with Crippen molar-refractivity contribution in [1.29, 1.82) is 0 Å². The molecule has 0 bridgehead atoms. The highest BCUT2D eigenvalue weighted by Crippen LogP contribution is 2.41. The van der Waals surface area contributed by atoms with Crippen molar-refractivity contribution in [3.63, 3.8) is 0 Å². The molecular weight excluding hydrogens is 404 g/mol. The predicted molar refractivity (Wildman–Crippen MR) is 105 cm³/mol. The lowest BCUT2D eigenvalue weighted by Crippen LogP contribution is -2.45. The quantitative estimate of drug-likeness (QED) is 0.266. The molecule has 0 aliphatic carbocycles. The summed E-state index contributed by atoms with van der Waals surface area (Å²) >= 11 is 0. The fourth-order valence-corrected chi connectivity index (χ4v) is 4.40. The number of aliphatic hydroxyl groups excluding tert-OH is 2. The summed E-state index contributed by atoms with van der Waals surface area (Å²) in [5, 5.41) is 22.9. The fraction of sp³-hybridized carbons (Fsp3) is 1.00. The first-order valence-corrected chi connectivity index (χ1v) is 11.4. The molecule has 12 heteroatoms. The van der Waals surface area contributed by atoms with Gasteiger partial charge in [0.15, 0.2) is 0 Å². The van der Waals surface area contributed by atoms with Crippen LogP contribution in [0.2, 0.25) is 0 Å². The van der Waals surface area contributed by atoms with Gasteiger partial charge in [-0.15, -0.1) is 0 Å². The smallest absolute Gasteiger partial charge is 0.389 e. The monoisotopic (exact) mass is 437 g/mol. The molecule has 2 radical (unpaired) electrons. The van der Waals surface area contributed by atoms with E-state index in [1.165, 1.54) is 0 Å². The second-order valence-corrected chi connectivity index (χ2v) is 9.56. The van der Waals surface area contributed by atoms with Gasteiger partial charge in [0.25, 0.3) is 0 Å². The molecule has 0 aromatic carbocycles. The summed E-state index contributed by atoms with van der Waals surface area (Å²) in [6.07, 6.45) is -4.92. The number of hydrogen-bond acceptors (Lipinski definition) is 8. The van der Waals surface area contributed by atoms with Crippen LogP contribution in [0, 0.1) is 0 Å². The predicted octanol–water partition coefficient (Wildman–Crippen LogP) is -0.317. The maximum Gasteiger partial charge on any atom is 0.403 e. The maximum absolute atomic E-state index is 12.5. The van der Waals surface area contributed by atoms with E-state index in [0.717, 1.165) is 0 Å². The van der Waals surface area contributed by atoms with Crippen LogP contribution in [0.25, 0.3) is 0 Å². The zero-order chi connectivity index (χ0) is 21.9. The topological polar surface area (TPSA) is 136 Å². The van der Waals surface area contributed by atoms with E-state index < -0.39 is 56.4 Å². The van der Waals surface area contributed by atoms with Crippen LogP contribution in [0.1, 0.15) is 34.6 Å². The van der Waals surface area contributed by atoms with Crippen LogP contribution in [0.5, 0.6) is 0 Å². The molecule has 0 spiro atoms. The summed E-state index contributed by atoms with van der Waals surface area (Å²) in [5.74, 6) is 0. The molecule has 0 amide bonds. The summed E-state index contributed by atoms with van der Waals surface area (Å²) in [7, 11) is 1.48. The second-order valence-electron chi connectivity index (χ2n) is 8.00. The van der Waals surface area contributed by atoms with Crippen molar-refractivity contribution >= 4 is 15.6 Å². The van der Waals surface area contributed by atoms with E-state index >= 15 is 0 Å². The first-order valence-electron chi connectivity index (χ1n) is 9.86. The van der Waals surface area contributed by atoms with Crippen LogP contribution >= 0.6 is 7.75 Å². The molecule has 4 N–H and O–H groups in total. The van der Waals surface area contributed by atoms with E-state index in [2.05, 4.69) is 5.09 Å². The van der Waals surface area contributed by atoms with Crippen LogP contribution in [-0.2, 0) is 28.0 Å². The lowest BCUT2D eigenvalue weighted by atomic mass is 9.91. The molecule has 0 aromatic heterocycles. The van der Waals surface area contributed by atoms with Gasteiger partial charge in [0.2, 0.25) is 0 Å². The third-order valence-electron chi connectivity index (χ3n) is 4.76. The zero-order valence-electron chi connectivity index (χ0n) is 17.5. The van der Waals surface area contributed by atoms with Crippen molar-refractivity contribution in [3.05, 3.63) is 0 Å². The third-order valence-corrected chi connectivity index (χ3v) is 5.88. The zero-order valence-corrected chi connectivity index (χ0v) is 18.4. The van der Waals surface area contributed by atoms with Crippen molar-refractivity contribution < 1.29 is 43.1 Å². The van der Waals surface area contributed by atoms with Gasteiger partial charge in [-0.2, -0.15) is 0 Å². The summed E-state index contributed by atoms with van der Waals surface area (Å²) in [6.45, 7) is 8.79. The SMILES string of the molecule is [B][C@@H]1O[C@H](COC(C)C)C(O)[C@@H]1NP(=O)(O)OC[C@H]1O[C@@H](C)[C@@H](O)C1OC(C)C. The third kappa shape index (κ3) is 6.97. The summed E-state index contributed by atoms with van der Waals surface area (Å²) in [6, 6.07) is -2.04. The van der Waals surface area contributed by atoms with Crippen molar-refractivity contribution in [3.8, 4) is 0 Å². The minimum Gasteiger partial charge on any atom is -0.389 e. The first-order chi connectivity index (χ1) is 13.4. The van der Waals surface area contributed by atoms with Gasteiger partial charge in [-0.3, -0.25) is 4.52 Å². The lowest BCUT2D eigenvalue weighted by Gasteiger charge is -2.26. The maximum atomic E-state index is 12.5. The number of hydrogen-bond donors (Lipinski definition) is 4. The number of aliphatic hydroxyl groups is 2. The van der Waals surface area contributed by atoms with Crippen LogP contribution in [0.4, 0.5) is 0 Å². The van der Waals surface area contributed by atoms with Gasteiger partial charge in [-0.1, -0.05) is 0 Å². The average molecular weight is 437 g/mol. The van der Waals surface area contributed by atoms with Crippen LogP contribution < -0.4 is 5.09 Å². The van der Waals surface area contributed by atoms with Crippen LogP contribution in [0.15, 0.2) is 0 Å². The van der Waals surface area contributed by atoms with Crippen LogP contribution in [-0.4, -0.2) is 97.0 Å². The van der Waals surface area contributed by atoms with E-state index in [1.54, 1.807) is 6.92 Å². The van der Waals surface area contributed by atoms with Gasteiger partial charge in [0.1, 0.15) is 32.3 Å². The molecule has 10 nitrogen and oxygen atoms in total. The Kier molecular flexibility index (Phi) is 9.12. The molecular formula is C17H33BNO9P. The minimum absolute atomic E-state index is 0.0635. The number of ether oxygens (including phenoxy) is 4. The van der Waals surface area contributed by atoms with Gasteiger partial charge < -0.3 is 34.1 Å². The molecule has 168 valence electrons. The Balaban J connectivity index is 1.91. The Hall–Kier alpha value is -0.0651. The fourth-order valence-electron chi connectivity index (χ4n) is 3.30. The molecule has 2 heterocycles. The average Bonchev–Trinajstić information content (AvgIpc) is 3.02. The molecule has 2 saturated heterocycles. The molecule has 2 aliphatic heterocycles. The van der Waals surface area contributed by atoms with Crippen LogP contribution in [0.3, 0.4) is 0 Å². The second kappa shape index (κ2) is 10.5. The molecule has 2 rings (SSSR count). The molecule has 0 saturated carbocycles. The van der Waals surface area contributed by atoms with E-state index in [1.807, 2.05) is 27.7 Å². The molecule has 29 heavy (non-hydrogen) atoms. The standard InChI is InChI=1S/C17H33BNO9P/c1-8(2)24-6-11-15(21)13(17(18)28-11)19-29(22,23)25-7-12-16(26-9(3)4)14(20)10(5)27-12/h8-17,20-21H,6-7H2,1-5H3,(H2,19,22,23)/t10-,11+,12+,13-,14+,15?,16?,17+/m0/s1. The largest absolute Gasteiger partial charge is 0.403 e. The van der Waals surface area contributed by atoms with Crippen molar-refractivity contribution in [2.45, 2.75) is 95.5 Å². The number of rotatable bonds is 10. The summed E-state index contributed by atoms with van der Waals surface area (Å²) in [5.41, 5.74) is 0. The molecule has 2 aliphatic rings. The molecule has 0 aromatic rings. The highest BCUT2D eigenvalue weighted by molar-refractivity contribution is 7.50. The van der Waals surface area contributed by atoms with Crippen molar-refractivity contribution in [2.24, 2.45) is 0 Å². The highest BCUT2D eigenvalue weighted by atomic mass is 31.2. The Morgan fingerprint density at radius 1 is 1.07 bits per heavy atom. The Morgan fingerprint density at radius 3 is 2.31 bits per heavy atom. The van der Waals surface area contributed by atoms with E-state index in [4.69, 9.17) is 31.3 Å². The van der Waals surface area contributed by atoms with Gasteiger partial charge in [-0.25, -0.2) is 9.65 Å². The minimum atomic E-state index is -4.36. The van der Waals surface area contributed by atoms with Crippen molar-refractivity contribution in [1.82, 2.24) is 5.09 Å². The summed E-state index contributed by atoms with van der Waals surface area (Å²) < 4.78 is 39.7. The van der Waals surface area contributed by atoms with E-state index in [9.17, 15) is 19.7 Å². The van der Waals surface area contributed by atoms with Gasteiger partial charge >= 0.3 is 7.75 Å². The Bertz CT molecular complexity index is 569. The summed E-state index contributed by atoms with van der Waals surface area (Å²) in [4.78, 5) is 10.2. The highest BCUT2D eigenvalue weighted by Gasteiger charge is 2.46. The van der Waals surface area contributed by atoms with Gasteiger partial charge in [-0.05, 0) is 34.6 Å². The molecule has 9 atom stereocenters.